The van der Waals surface area contributed by atoms with E-state index in [0.29, 0.717) is 35.8 Å². The Balaban J connectivity index is 1.77. The standard InChI is InChI=1S/C28H29ClN2O3/c1-15-8-16(2)20(10-18(15)14-33-23-7-6-19(29)9-17(23)3)25-21(13-30)27(31)34-24-12-28(4,5)11-22(32)26(24)25/h6-10,25H,11-12,14,31H2,1-5H3. The van der Waals surface area contributed by atoms with Gasteiger partial charge in [-0.2, -0.15) is 5.26 Å². The molecule has 2 aromatic rings. The highest BCUT2D eigenvalue weighted by Crippen LogP contribution is 2.48. The number of aryl methyl sites for hydroxylation is 3. The van der Waals surface area contributed by atoms with Gasteiger partial charge in [-0.1, -0.05) is 37.6 Å². The van der Waals surface area contributed by atoms with Crippen molar-refractivity contribution in [2.24, 2.45) is 11.1 Å². The first-order chi connectivity index (χ1) is 16.0. The molecule has 176 valence electrons. The SMILES string of the molecule is Cc1cc(C)c(C2C(C#N)=C(N)OC3=C2C(=O)CC(C)(C)C3)cc1COc1ccc(Cl)cc1C. The van der Waals surface area contributed by atoms with E-state index in [1.165, 1.54) is 0 Å². The summed E-state index contributed by atoms with van der Waals surface area (Å²) in [4.78, 5) is 13.3. The van der Waals surface area contributed by atoms with Crippen LogP contribution in [0.3, 0.4) is 0 Å². The molecule has 0 spiro atoms. The number of hydrogen-bond acceptors (Lipinski definition) is 5. The fourth-order valence-corrected chi connectivity index (χ4v) is 5.14. The number of benzene rings is 2. The van der Waals surface area contributed by atoms with E-state index in [0.717, 1.165) is 33.6 Å². The average Bonchev–Trinajstić information content (AvgIpc) is 2.72. The van der Waals surface area contributed by atoms with E-state index in [-0.39, 0.29) is 22.7 Å². The second-order valence-corrected chi connectivity index (χ2v) is 10.5. The lowest BCUT2D eigenvalue weighted by Gasteiger charge is -2.37. The number of halogens is 1. The van der Waals surface area contributed by atoms with Crippen molar-refractivity contribution in [2.45, 2.75) is 60.0 Å². The topological polar surface area (TPSA) is 85.3 Å². The summed E-state index contributed by atoms with van der Waals surface area (Å²) in [6.07, 6.45) is 1.00. The number of nitrogens with zero attached hydrogens (tertiary/aromatic N) is 1. The van der Waals surface area contributed by atoms with E-state index in [1.807, 2.05) is 52.8 Å². The monoisotopic (exact) mass is 476 g/mol. The first kappa shape index (κ1) is 23.9. The quantitative estimate of drug-likeness (QED) is 0.560. The zero-order chi connectivity index (χ0) is 24.8. The van der Waals surface area contributed by atoms with Gasteiger partial charge in [-0.15, -0.1) is 0 Å². The molecule has 0 saturated carbocycles. The maximum absolute atomic E-state index is 13.3. The van der Waals surface area contributed by atoms with Crippen molar-refractivity contribution in [3.8, 4) is 11.8 Å². The minimum absolute atomic E-state index is 0.00561. The van der Waals surface area contributed by atoms with Crippen LogP contribution in [0.25, 0.3) is 0 Å². The molecule has 5 nitrogen and oxygen atoms in total. The lowest BCUT2D eigenvalue weighted by molar-refractivity contribution is -0.119. The number of ketones is 1. The van der Waals surface area contributed by atoms with Gasteiger partial charge in [-0.25, -0.2) is 0 Å². The minimum Gasteiger partial charge on any atom is -0.489 e. The summed E-state index contributed by atoms with van der Waals surface area (Å²) >= 11 is 6.07. The van der Waals surface area contributed by atoms with Crippen molar-refractivity contribution >= 4 is 17.4 Å². The number of nitrogens with two attached hydrogens (primary N) is 1. The second-order valence-electron chi connectivity index (χ2n) is 10.0. The van der Waals surface area contributed by atoms with E-state index >= 15 is 0 Å². The number of carbonyl (C=O) groups excluding carboxylic acids is 1. The van der Waals surface area contributed by atoms with Gasteiger partial charge >= 0.3 is 0 Å². The third kappa shape index (κ3) is 4.43. The van der Waals surface area contributed by atoms with Crippen molar-refractivity contribution in [1.29, 1.82) is 5.26 Å². The Hall–Kier alpha value is -3.23. The van der Waals surface area contributed by atoms with Crippen LogP contribution in [0.5, 0.6) is 5.75 Å². The molecular formula is C28H29ClN2O3. The highest BCUT2D eigenvalue weighted by molar-refractivity contribution is 6.30. The van der Waals surface area contributed by atoms with Gasteiger partial charge in [0.05, 0.1) is 5.92 Å². The predicted molar refractivity (Wildman–Crippen MR) is 132 cm³/mol. The van der Waals surface area contributed by atoms with Crippen LogP contribution in [0.2, 0.25) is 5.02 Å². The Morgan fingerprint density at radius 2 is 1.88 bits per heavy atom. The number of allylic oxidation sites excluding steroid dienone is 3. The maximum Gasteiger partial charge on any atom is 0.205 e. The second kappa shape index (κ2) is 8.85. The van der Waals surface area contributed by atoms with Crippen LogP contribution in [0.4, 0.5) is 0 Å². The molecule has 0 aromatic heterocycles. The average molecular weight is 477 g/mol. The Labute approximate surface area is 205 Å². The molecule has 1 unspecified atom stereocenters. The lowest BCUT2D eigenvalue weighted by atomic mass is 9.69. The van der Waals surface area contributed by atoms with Crippen molar-refractivity contribution in [2.75, 3.05) is 0 Å². The van der Waals surface area contributed by atoms with Crippen LogP contribution >= 0.6 is 11.6 Å². The smallest absolute Gasteiger partial charge is 0.205 e. The van der Waals surface area contributed by atoms with Gasteiger partial charge in [-0.3, -0.25) is 4.79 Å². The molecule has 2 aromatic carbocycles. The van der Waals surface area contributed by atoms with Crippen LogP contribution in [-0.2, 0) is 16.1 Å². The van der Waals surface area contributed by atoms with E-state index in [1.54, 1.807) is 6.07 Å². The molecule has 0 radical (unpaired) electrons. The third-order valence-corrected chi connectivity index (χ3v) is 6.87. The number of hydrogen-bond donors (Lipinski definition) is 1. The van der Waals surface area contributed by atoms with Crippen molar-refractivity contribution in [1.82, 2.24) is 0 Å². The van der Waals surface area contributed by atoms with E-state index in [9.17, 15) is 10.1 Å². The summed E-state index contributed by atoms with van der Waals surface area (Å²) in [6.45, 7) is 10.4. The molecule has 1 atom stereocenters. The molecular weight excluding hydrogens is 448 g/mol. The van der Waals surface area contributed by atoms with Gasteiger partial charge in [0.25, 0.3) is 0 Å². The highest BCUT2D eigenvalue weighted by atomic mass is 35.5. The molecule has 2 aliphatic rings. The van der Waals surface area contributed by atoms with Crippen LogP contribution in [0.1, 0.15) is 60.4 Å². The molecule has 1 heterocycles. The minimum atomic E-state index is -0.547. The van der Waals surface area contributed by atoms with Gasteiger partial charge in [0.15, 0.2) is 5.78 Å². The van der Waals surface area contributed by atoms with Crippen LogP contribution < -0.4 is 10.5 Å². The molecule has 1 aliphatic heterocycles. The molecule has 0 bridgehead atoms. The fourth-order valence-electron chi connectivity index (χ4n) is 4.91. The maximum atomic E-state index is 13.3. The molecule has 2 N–H and O–H groups in total. The van der Waals surface area contributed by atoms with Crippen LogP contribution in [0.15, 0.2) is 53.1 Å². The van der Waals surface area contributed by atoms with Crippen LogP contribution in [0, 0.1) is 37.5 Å². The summed E-state index contributed by atoms with van der Waals surface area (Å²) in [5.74, 6) is 0.872. The van der Waals surface area contributed by atoms with Gasteiger partial charge in [0.1, 0.15) is 29.8 Å². The third-order valence-electron chi connectivity index (χ3n) is 6.63. The van der Waals surface area contributed by atoms with Crippen molar-refractivity contribution < 1.29 is 14.3 Å². The van der Waals surface area contributed by atoms with Gasteiger partial charge in [0, 0.05) is 23.4 Å². The molecule has 0 amide bonds. The molecule has 4 rings (SSSR count). The fraction of sp³-hybridized carbons (Fsp3) is 0.357. The lowest BCUT2D eigenvalue weighted by Crippen LogP contribution is -2.33. The molecule has 34 heavy (non-hydrogen) atoms. The summed E-state index contributed by atoms with van der Waals surface area (Å²) in [7, 11) is 0. The number of carbonyl (C=O) groups is 1. The van der Waals surface area contributed by atoms with E-state index in [4.69, 9.17) is 26.8 Å². The Kier molecular flexibility index (Phi) is 6.22. The molecule has 0 fully saturated rings. The Morgan fingerprint density at radius 1 is 1.15 bits per heavy atom. The predicted octanol–water partition coefficient (Wildman–Crippen LogP) is 6.30. The highest BCUT2D eigenvalue weighted by Gasteiger charge is 2.43. The van der Waals surface area contributed by atoms with Crippen molar-refractivity contribution in [3.05, 3.63) is 86.0 Å². The Morgan fingerprint density at radius 3 is 2.56 bits per heavy atom. The first-order valence-electron chi connectivity index (χ1n) is 11.3. The van der Waals surface area contributed by atoms with Crippen LogP contribution in [-0.4, -0.2) is 5.78 Å². The number of Topliss-reactive ketones (excluding diaryl/α,β-unsaturated/α-hetero) is 1. The largest absolute Gasteiger partial charge is 0.489 e. The zero-order valence-electron chi connectivity index (χ0n) is 20.2. The normalized spacial score (nSPS) is 19.4. The molecule has 0 saturated heterocycles. The summed E-state index contributed by atoms with van der Waals surface area (Å²) in [5.41, 5.74) is 11.7. The number of nitriles is 1. The van der Waals surface area contributed by atoms with Gasteiger partial charge in [-0.05, 0) is 72.2 Å². The first-order valence-corrected chi connectivity index (χ1v) is 11.7. The van der Waals surface area contributed by atoms with Crippen molar-refractivity contribution in [3.63, 3.8) is 0 Å². The zero-order valence-corrected chi connectivity index (χ0v) is 21.0. The summed E-state index contributed by atoms with van der Waals surface area (Å²) in [6, 6.07) is 11.8. The number of ether oxygens (including phenoxy) is 2. The molecule has 6 heteroatoms. The summed E-state index contributed by atoms with van der Waals surface area (Å²) < 4.78 is 11.9. The summed E-state index contributed by atoms with van der Waals surface area (Å²) in [5, 5.41) is 10.6. The number of rotatable bonds is 4. The van der Waals surface area contributed by atoms with Gasteiger partial charge in [0.2, 0.25) is 5.88 Å². The molecule has 1 aliphatic carbocycles. The van der Waals surface area contributed by atoms with E-state index in [2.05, 4.69) is 12.1 Å². The van der Waals surface area contributed by atoms with Gasteiger partial charge < -0.3 is 15.2 Å². The van der Waals surface area contributed by atoms with E-state index < -0.39 is 5.92 Å². The Bertz CT molecular complexity index is 1300.